The van der Waals surface area contributed by atoms with Crippen molar-refractivity contribution in [2.45, 2.75) is 20.8 Å². The van der Waals surface area contributed by atoms with E-state index < -0.39 is 0 Å². The molecule has 0 saturated heterocycles. The van der Waals surface area contributed by atoms with Gasteiger partial charge in [-0.3, -0.25) is 4.98 Å². The van der Waals surface area contributed by atoms with Crippen LogP contribution in [0.25, 0.3) is 75.1 Å². The lowest BCUT2D eigenvalue weighted by Gasteiger charge is -2.13. The smallest absolute Gasteiger partial charge is 0.0979 e. The Morgan fingerprint density at radius 2 is 1.07 bits per heavy atom. The molecule has 0 aliphatic heterocycles. The predicted octanol–water partition coefficient (Wildman–Crippen LogP) is 10.6. The van der Waals surface area contributed by atoms with Crippen LogP contribution < -0.4 is 0 Å². The molecule has 0 unspecified atom stereocenters. The first kappa shape index (κ1) is 23.3. The monoisotopic (exact) mass is 530 g/mol. The minimum absolute atomic E-state index is 0.895. The van der Waals surface area contributed by atoms with E-state index in [-0.39, 0.29) is 0 Å². The molecule has 0 atom stereocenters. The summed E-state index contributed by atoms with van der Waals surface area (Å²) >= 11 is 1.90. The number of fused-ring (bicyclic) bond motifs is 9. The molecule has 8 aromatic rings. The molecule has 3 heteroatoms. The van der Waals surface area contributed by atoms with Gasteiger partial charge >= 0.3 is 0 Å². The lowest BCUT2D eigenvalue weighted by Crippen LogP contribution is -1.94. The summed E-state index contributed by atoms with van der Waals surface area (Å²) in [6.45, 7) is 6.61. The molecule has 0 spiro atoms. The molecule has 0 aliphatic rings. The normalized spacial score (nSPS) is 11.9. The highest BCUT2D eigenvalue weighted by molar-refractivity contribution is 7.26. The number of hydrogen-bond donors (Lipinski definition) is 0. The number of thiophene rings is 1. The number of nitrogens with zero attached hydrogens (tertiary/aromatic N) is 2. The number of aromatic nitrogens is 2. The Hall–Kier alpha value is -4.60. The van der Waals surface area contributed by atoms with Crippen LogP contribution in [0.2, 0.25) is 0 Å². The third kappa shape index (κ3) is 3.41. The van der Waals surface area contributed by atoms with Crippen LogP contribution in [0.1, 0.15) is 16.7 Å². The van der Waals surface area contributed by atoms with E-state index in [1.54, 1.807) is 0 Å². The molecular weight excluding hydrogens is 504 g/mol. The first-order valence-electron chi connectivity index (χ1n) is 13.7. The van der Waals surface area contributed by atoms with Crippen molar-refractivity contribution in [2.75, 3.05) is 0 Å². The van der Waals surface area contributed by atoms with E-state index >= 15 is 0 Å². The van der Waals surface area contributed by atoms with Crippen molar-refractivity contribution in [1.29, 1.82) is 0 Å². The van der Waals surface area contributed by atoms with E-state index in [0.29, 0.717) is 0 Å². The molecule has 0 bridgehead atoms. The fraction of sp³-hybridized carbons (Fsp3) is 0.0811. The first-order valence-corrected chi connectivity index (χ1v) is 14.5. The first-order chi connectivity index (χ1) is 19.6. The van der Waals surface area contributed by atoms with E-state index in [0.717, 1.165) is 33.1 Å². The largest absolute Gasteiger partial charge is 0.252 e. The lowest BCUT2D eigenvalue weighted by atomic mass is 9.94. The molecule has 2 nitrogen and oxygen atoms in total. The van der Waals surface area contributed by atoms with Gasteiger partial charge in [0.1, 0.15) is 0 Å². The van der Waals surface area contributed by atoms with Crippen LogP contribution in [-0.2, 0) is 0 Å². The Morgan fingerprint density at radius 1 is 0.500 bits per heavy atom. The highest BCUT2D eigenvalue weighted by Gasteiger charge is 2.18. The van der Waals surface area contributed by atoms with Gasteiger partial charge in [-0.25, -0.2) is 4.98 Å². The molecule has 0 aliphatic carbocycles. The molecule has 40 heavy (non-hydrogen) atoms. The Balaban J connectivity index is 1.42. The summed E-state index contributed by atoms with van der Waals surface area (Å²) in [6, 6.07) is 35.0. The van der Waals surface area contributed by atoms with Crippen molar-refractivity contribution in [3.8, 4) is 22.4 Å². The van der Waals surface area contributed by atoms with Gasteiger partial charge in [0.15, 0.2) is 0 Å². The number of aryl methyl sites for hydroxylation is 3. The van der Waals surface area contributed by atoms with Gasteiger partial charge in [-0.15, -0.1) is 11.3 Å². The van der Waals surface area contributed by atoms with Crippen molar-refractivity contribution in [3.63, 3.8) is 0 Å². The summed E-state index contributed by atoms with van der Waals surface area (Å²) in [5.41, 5.74) is 10.3. The number of rotatable bonds is 2. The summed E-state index contributed by atoms with van der Waals surface area (Å²) in [5.74, 6) is 0. The summed E-state index contributed by atoms with van der Waals surface area (Å²) in [7, 11) is 0. The van der Waals surface area contributed by atoms with Crippen LogP contribution in [0.5, 0.6) is 0 Å². The summed E-state index contributed by atoms with van der Waals surface area (Å²) in [4.78, 5) is 10.4. The van der Waals surface area contributed by atoms with Crippen LogP contribution in [0.15, 0.2) is 103 Å². The maximum atomic E-state index is 5.32. The fourth-order valence-electron chi connectivity index (χ4n) is 6.37. The molecule has 0 radical (unpaired) electrons. The Bertz CT molecular complexity index is 2270. The molecule has 2 heterocycles. The number of hydrogen-bond acceptors (Lipinski definition) is 3. The van der Waals surface area contributed by atoms with Crippen molar-refractivity contribution in [2.24, 2.45) is 0 Å². The molecule has 0 fully saturated rings. The van der Waals surface area contributed by atoms with Crippen molar-refractivity contribution < 1.29 is 0 Å². The van der Waals surface area contributed by atoms with Crippen LogP contribution in [-0.4, -0.2) is 9.97 Å². The zero-order valence-corrected chi connectivity index (χ0v) is 23.4. The molecule has 8 rings (SSSR count). The average Bonchev–Trinajstić information content (AvgIpc) is 3.35. The molecule has 6 aromatic carbocycles. The zero-order chi connectivity index (χ0) is 27.0. The summed E-state index contributed by atoms with van der Waals surface area (Å²) < 4.78 is 2.70. The van der Waals surface area contributed by atoms with Gasteiger partial charge in [0, 0.05) is 42.1 Å². The van der Waals surface area contributed by atoms with Crippen molar-refractivity contribution in [3.05, 3.63) is 120 Å². The van der Waals surface area contributed by atoms with E-state index in [1.165, 1.54) is 58.8 Å². The van der Waals surface area contributed by atoms with Gasteiger partial charge < -0.3 is 0 Å². The van der Waals surface area contributed by atoms with E-state index in [4.69, 9.17) is 9.97 Å². The van der Waals surface area contributed by atoms with Crippen molar-refractivity contribution >= 4 is 64.1 Å². The second kappa shape index (κ2) is 8.70. The van der Waals surface area contributed by atoms with Crippen molar-refractivity contribution in [1.82, 2.24) is 9.97 Å². The Labute approximate surface area is 236 Å². The molecule has 2 aromatic heterocycles. The second-order valence-corrected chi connectivity index (χ2v) is 11.9. The quantitative estimate of drug-likeness (QED) is 0.208. The number of benzene rings is 6. The maximum Gasteiger partial charge on any atom is 0.0979 e. The highest BCUT2D eigenvalue weighted by Crippen LogP contribution is 2.44. The molecule has 190 valence electrons. The fourth-order valence-corrected chi connectivity index (χ4v) is 7.63. The van der Waals surface area contributed by atoms with Gasteiger partial charge in [-0.1, -0.05) is 84.4 Å². The van der Waals surface area contributed by atoms with Crippen LogP contribution in [0.4, 0.5) is 0 Å². The Kier molecular flexibility index (Phi) is 5.07. The van der Waals surface area contributed by atoms with E-state index in [1.807, 2.05) is 17.5 Å². The highest BCUT2D eigenvalue weighted by atomic mass is 32.1. The lowest BCUT2D eigenvalue weighted by molar-refractivity contribution is 1.31. The minimum atomic E-state index is 0.895. The summed E-state index contributed by atoms with van der Waals surface area (Å²) in [5, 5.41) is 7.38. The average molecular weight is 531 g/mol. The van der Waals surface area contributed by atoms with Gasteiger partial charge in [0.05, 0.1) is 22.9 Å². The van der Waals surface area contributed by atoms with Gasteiger partial charge in [0.2, 0.25) is 0 Å². The van der Waals surface area contributed by atoms with Gasteiger partial charge in [0.25, 0.3) is 0 Å². The topological polar surface area (TPSA) is 25.8 Å². The van der Waals surface area contributed by atoms with E-state index in [9.17, 15) is 0 Å². The van der Waals surface area contributed by atoms with E-state index in [2.05, 4.69) is 118 Å². The van der Waals surface area contributed by atoms with Gasteiger partial charge in [-0.05, 0) is 66.4 Å². The maximum absolute atomic E-state index is 5.32. The molecule has 0 saturated carbocycles. The van der Waals surface area contributed by atoms with Crippen LogP contribution in [0.3, 0.4) is 0 Å². The SMILES string of the molecule is Cc1cc(C)c2sc3c(-c4ccccc4-c4cnc5c6ccccc6c6ccccc6c5n4)cc(C)cc3c2c1. The van der Waals surface area contributed by atoms with Crippen LogP contribution >= 0.6 is 11.3 Å². The Morgan fingerprint density at radius 3 is 1.80 bits per heavy atom. The third-order valence-electron chi connectivity index (χ3n) is 8.07. The summed E-state index contributed by atoms with van der Waals surface area (Å²) in [6.07, 6.45) is 1.95. The second-order valence-electron chi connectivity index (χ2n) is 10.8. The van der Waals surface area contributed by atoms with Gasteiger partial charge in [-0.2, -0.15) is 0 Å². The standard InChI is InChI=1S/C37H26N2S/c1-21-16-23(3)36-31(17-21)32-19-22(2)18-30(37(32)40-36)26-12-4-7-13-27(26)33-20-38-34-28-14-8-5-10-24(28)25-11-6-9-15-29(25)35(34)39-33/h4-20H,1-3H3. The minimum Gasteiger partial charge on any atom is -0.252 e. The molecular formula is C37H26N2S. The molecule has 0 amide bonds. The predicted molar refractivity (Wildman–Crippen MR) is 173 cm³/mol. The third-order valence-corrected chi connectivity index (χ3v) is 9.46. The zero-order valence-electron chi connectivity index (χ0n) is 22.6. The molecule has 0 N–H and O–H groups in total. The van der Waals surface area contributed by atoms with Crippen LogP contribution in [0, 0.1) is 20.8 Å².